The second-order valence-electron chi connectivity index (χ2n) is 7.66. The number of benzene rings is 1. The molecular weight excluding hydrogens is 354 g/mol. The molecule has 5 rings (SSSR count). The first-order valence-electron chi connectivity index (χ1n) is 9.83. The van der Waals surface area contributed by atoms with E-state index in [1.165, 1.54) is 0 Å². The first-order chi connectivity index (χ1) is 13.7. The number of aryl methyl sites for hydroxylation is 1. The minimum absolute atomic E-state index is 0.00680. The number of carbonyl (C=O) groups excluding carboxylic acids is 1. The molecule has 144 valence electrons. The second kappa shape index (κ2) is 6.91. The summed E-state index contributed by atoms with van der Waals surface area (Å²) in [7, 11) is 0. The van der Waals surface area contributed by atoms with Crippen LogP contribution in [0.15, 0.2) is 42.7 Å². The number of aromatic nitrogens is 4. The third kappa shape index (κ3) is 3.22. The molecule has 7 nitrogen and oxygen atoms in total. The van der Waals surface area contributed by atoms with Crippen LogP contribution in [-0.4, -0.2) is 42.2 Å². The maximum Gasteiger partial charge on any atom is 0.254 e. The van der Waals surface area contributed by atoms with E-state index >= 15 is 0 Å². The lowest BCUT2D eigenvalue weighted by atomic mass is 10.1. The quantitative estimate of drug-likeness (QED) is 0.732. The number of aliphatic hydroxyl groups excluding tert-OH is 1. The molecule has 1 aliphatic heterocycles. The van der Waals surface area contributed by atoms with Crippen molar-refractivity contribution in [1.82, 2.24) is 24.6 Å². The highest BCUT2D eigenvalue weighted by molar-refractivity contribution is 5.95. The van der Waals surface area contributed by atoms with Gasteiger partial charge in [-0.3, -0.25) is 9.48 Å². The summed E-state index contributed by atoms with van der Waals surface area (Å²) in [5.41, 5.74) is 3.28. The molecule has 0 bridgehead atoms. The Balaban J connectivity index is 1.38. The first kappa shape index (κ1) is 17.2. The number of hydrogen-bond donors (Lipinski definition) is 2. The number of aliphatic hydroxyl groups is 1. The van der Waals surface area contributed by atoms with Gasteiger partial charge in [-0.15, -0.1) is 0 Å². The molecule has 1 fully saturated rings. The number of fused-ring (bicyclic) bond motifs is 1. The van der Waals surface area contributed by atoms with Gasteiger partial charge in [0.15, 0.2) is 0 Å². The van der Waals surface area contributed by atoms with Crippen LogP contribution in [0.3, 0.4) is 0 Å². The molecule has 1 atom stereocenters. The van der Waals surface area contributed by atoms with Crippen LogP contribution >= 0.6 is 0 Å². The highest BCUT2D eigenvalue weighted by Crippen LogP contribution is 2.40. The normalized spacial score (nSPS) is 17.8. The van der Waals surface area contributed by atoms with Crippen molar-refractivity contribution in [2.45, 2.75) is 38.5 Å². The van der Waals surface area contributed by atoms with Gasteiger partial charge < -0.3 is 15.0 Å². The number of H-pyrrole nitrogens is 1. The van der Waals surface area contributed by atoms with Crippen LogP contribution < -0.4 is 0 Å². The molecule has 0 radical (unpaired) electrons. The molecule has 1 aliphatic carbocycles. The predicted octanol–water partition coefficient (Wildman–Crippen LogP) is 2.76. The Morgan fingerprint density at radius 2 is 2.14 bits per heavy atom. The van der Waals surface area contributed by atoms with Gasteiger partial charge in [0.1, 0.15) is 11.9 Å². The lowest BCUT2D eigenvalue weighted by Crippen LogP contribution is -2.30. The van der Waals surface area contributed by atoms with E-state index in [0.29, 0.717) is 24.6 Å². The summed E-state index contributed by atoms with van der Waals surface area (Å²) in [6, 6.07) is 9.52. The van der Waals surface area contributed by atoms with Gasteiger partial charge in [-0.25, -0.2) is 4.98 Å². The van der Waals surface area contributed by atoms with E-state index in [1.807, 2.05) is 39.9 Å². The summed E-state index contributed by atoms with van der Waals surface area (Å²) >= 11 is 0. The van der Waals surface area contributed by atoms with Gasteiger partial charge in [-0.2, -0.15) is 5.10 Å². The Morgan fingerprint density at radius 3 is 2.93 bits per heavy atom. The smallest absolute Gasteiger partial charge is 0.254 e. The molecule has 28 heavy (non-hydrogen) atoms. The van der Waals surface area contributed by atoms with Crippen molar-refractivity contribution in [3.05, 3.63) is 59.7 Å². The van der Waals surface area contributed by atoms with Crippen molar-refractivity contribution >= 4 is 5.91 Å². The molecular formula is C21H23N5O2. The molecule has 0 spiro atoms. The number of carbonyl (C=O) groups is 1. The van der Waals surface area contributed by atoms with Gasteiger partial charge in [-0.1, -0.05) is 12.1 Å². The highest BCUT2D eigenvalue weighted by atomic mass is 16.3. The van der Waals surface area contributed by atoms with Crippen LogP contribution in [0.2, 0.25) is 0 Å². The number of hydrogen-bond acceptors (Lipinski definition) is 4. The fourth-order valence-electron chi connectivity index (χ4n) is 3.86. The Morgan fingerprint density at radius 1 is 1.25 bits per heavy atom. The Hall–Kier alpha value is -2.93. The first-order valence-corrected chi connectivity index (χ1v) is 9.83. The van der Waals surface area contributed by atoms with E-state index in [9.17, 15) is 9.90 Å². The van der Waals surface area contributed by atoms with E-state index in [2.05, 4.69) is 15.1 Å². The minimum Gasteiger partial charge on any atom is -0.386 e. The van der Waals surface area contributed by atoms with Gasteiger partial charge >= 0.3 is 0 Å². The number of nitrogens with zero attached hydrogens (tertiary/aromatic N) is 4. The van der Waals surface area contributed by atoms with Gasteiger partial charge in [0.2, 0.25) is 0 Å². The van der Waals surface area contributed by atoms with Crippen LogP contribution in [-0.2, 0) is 13.1 Å². The molecule has 2 N–H and O–H groups in total. The molecule has 3 heterocycles. The molecule has 2 aromatic heterocycles. The Bertz CT molecular complexity index is 990. The van der Waals surface area contributed by atoms with E-state index in [-0.39, 0.29) is 5.91 Å². The van der Waals surface area contributed by atoms with Crippen LogP contribution in [0.1, 0.15) is 47.1 Å². The summed E-state index contributed by atoms with van der Waals surface area (Å²) in [6.07, 6.45) is 5.98. The summed E-state index contributed by atoms with van der Waals surface area (Å²) < 4.78 is 1.95. The number of imidazole rings is 1. The average Bonchev–Trinajstić information content (AvgIpc) is 3.34. The van der Waals surface area contributed by atoms with E-state index in [0.717, 1.165) is 48.6 Å². The molecule has 2 aliphatic rings. The Labute approximate surface area is 163 Å². The molecule has 0 unspecified atom stereocenters. The molecule has 0 saturated heterocycles. The number of nitrogens with one attached hydrogen (secondary N) is 1. The summed E-state index contributed by atoms with van der Waals surface area (Å²) in [4.78, 5) is 22.4. The summed E-state index contributed by atoms with van der Waals surface area (Å²) in [6.45, 7) is 1.96. The van der Waals surface area contributed by atoms with Crippen LogP contribution in [0.5, 0.6) is 0 Å². The van der Waals surface area contributed by atoms with Crippen molar-refractivity contribution in [2.24, 2.45) is 5.92 Å². The summed E-state index contributed by atoms with van der Waals surface area (Å²) in [5.74, 6) is 1.11. The van der Waals surface area contributed by atoms with E-state index < -0.39 is 6.10 Å². The van der Waals surface area contributed by atoms with Gasteiger partial charge in [0.25, 0.3) is 5.91 Å². The molecule has 1 saturated carbocycles. The molecule has 7 heteroatoms. The van der Waals surface area contributed by atoms with Crippen molar-refractivity contribution in [2.75, 3.05) is 6.54 Å². The third-order valence-electron chi connectivity index (χ3n) is 5.57. The largest absolute Gasteiger partial charge is 0.386 e. The number of amides is 1. The van der Waals surface area contributed by atoms with Crippen LogP contribution in [0, 0.1) is 5.92 Å². The van der Waals surface area contributed by atoms with Gasteiger partial charge in [0, 0.05) is 36.6 Å². The second-order valence-corrected chi connectivity index (χ2v) is 7.66. The highest BCUT2D eigenvalue weighted by Gasteiger charge is 2.33. The molecule has 3 aromatic rings. The maximum atomic E-state index is 13.2. The zero-order chi connectivity index (χ0) is 19.1. The maximum absolute atomic E-state index is 13.2. The third-order valence-corrected chi connectivity index (χ3v) is 5.57. The average molecular weight is 377 g/mol. The lowest BCUT2D eigenvalue weighted by molar-refractivity contribution is 0.0745. The van der Waals surface area contributed by atoms with Crippen molar-refractivity contribution in [3.63, 3.8) is 0 Å². The zero-order valence-electron chi connectivity index (χ0n) is 15.6. The fourth-order valence-corrected chi connectivity index (χ4v) is 3.86. The van der Waals surface area contributed by atoms with Crippen LogP contribution in [0.4, 0.5) is 0 Å². The van der Waals surface area contributed by atoms with Gasteiger partial charge in [-0.05, 0) is 43.4 Å². The van der Waals surface area contributed by atoms with Crippen molar-refractivity contribution in [1.29, 1.82) is 0 Å². The van der Waals surface area contributed by atoms with Crippen LogP contribution in [0.25, 0.3) is 11.4 Å². The number of aromatic amines is 1. The zero-order valence-corrected chi connectivity index (χ0v) is 15.6. The molecule has 1 aromatic carbocycles. The van der Waals surface area contributed by atoms with Crippen molar-refractivity contribution < 1.29 is 9.90 Å². The number of rotatable bonds is 4. The lowest BCUT2D eigenvalue weighted by Gasteiger charge is -2.20. The minimum atomic E-state index is -0.478. The predicted molar refractivity (Wildman–Crippen MR) is 103 cm³/mol. The SMILES string of the molecule is O=C(c1cccc(-c2ncc[nH]2)c1)N1CCCn2nc([C@H](O)C3CC3)cc2C1. The summed E-state index contributed by atoms with van der Waals surface area (Å²) in [5, 5.41) is 15.0. The molecule has 1 amide bonds. The van der Waals surface area contributed by atoms with E-state index in [4.69, 9.17) is 0 Å². The fraction of sp³-hybridized carbons (Fsp3) is 0.381. The standard InChI is InChI=1S/C21H23N5O2/c27-19(14-5-6-14)18-12-17-13-25(9-2-10-26(17)24-18)21(28)16-4-1-3-15(11-16)20-22-7-8-23-20/h1,3-4,7-8,11-12,14,19,27H,2,5-6,9-10,13H2,(H,22,23)/t19-/m1/s1. The van der Waals surface area contributed by atoms with Gasteiger partial charge in [0.05, 0.1) is 17.9 Å². The van der Waals surface area contributed by atoms with Crippen molar-refractivity contribution in [3.8, 4) is 11.4 Å². The monoisotopic (exact) mass is 377 g/mol. The van der Waals surface area contributed by atoms with E-state index in [1.54, 1.807) is 12.4 Å². The topological polar surface area (TPSA) is 87.0 Å². The Kier molecular flexibility index (Phi) is 4.24.